The molecule has 0 saturated carbocycles. The number of piperidine rings is 1. The SMILES string of the molecule is CCNC(=NCCCN1CCCN(C)CC1)N1CCC(=Cc2ccccc2)CC1.I. The first-order valence-corrected chi connectivity index (χ1v) is 11.4. The topological polar surface area (TPSA) is 34.1 Å². The van der Waals surface area contributed by atoms with E-state index in [1.807, 2.05) is 0 Å². The Morgan fingerprint density at radius 2 is 1.80 bits per heavy atom. The minimum absolute atomic E-state index is 0. The second-order valence-corrected chi connectivity index (χ2v) is 8.29. The van der Waals surface area contributed by atoms with Gasteiger partial charge in [-0.3, -0.25) is 4.99 Å². The predicted octanol–water partition coefficient (Wildman–Crippen LogP) is 3.78. The number of likely N-dealkylation sites (N-methyl/N-ethyl adjacent to an activating group) is 1. The summed E-state index contributed by atoms with van der Waals surface area (Å²) in [5.41, 5.74) is 2.87. The highest BCUT2D eigenvalue weighted by Gasteiger charge is 2.17. The van der Waals surface area contributed by atoms with E-state index in [-0.39, 0.29) is 24.0 Å². The number of aliphatic imine (C=N–C) groups is 1. The summed E-state index contributed by atoms with van der Waals surface area (Å²) in [6, 6.07) is 10.7. The van der Waals surface area contributed by atoms with Gasteiger partial charge in [0, 0.05) is 39.3 Å². The van der Waals surface area contributed by atoms with Crippen LogP contribution in [0.4, 0.5) is 0 Å². The standard InChI is InChI=1S/C24H39N5.HI/c1-3-25-24(26-13-7-15-28-16-8-14-27(2)19-20-28)29-17-11-23(12-18-29)21-22-9-5-4-6-10-22;/h4-6,9-10,21H,3,7-8,11-20H2,1-2H3,(H,25,26);1H. The number of nitrogens with one attached hydrogen (secondary N) is 1. The number of nitrogens with zero attached hydrogens (tertiary/aromatic N) is 4. The predicted molar refractivity (Wildman–Crippen MR) is 140 cm³/mol. The van der Waals surface area contributed by atoms with Gasteiger partial charge in [-0.05, 0) is 64.9 Å². The Kier molecular flexibility index (Phi) is 11.8. The van der Waals surface area contributed by atoms with Crippen molar-refractivity contribution in [2.24, 2.45) is 4.99 Å². The number of benzene rings is 1. The molecule has 0 spiro atoms. The molecule has 0 aromatic heterocycles. The van der Waals surface area contributed by atoms with Crippen molar-refractivity contribution in [3.8, 4) is 0 Å². The van der Waals surface area contributed by atoms with E-state index in [9.17, 15) is 0 Å². The van der Waals surface area contributed by atoms with Crippen LogP contribution in [0.15, 0.2) is 40.9 Å². The number of likely N-dealkylation sites (tertiary alicyclic amines) is 1. The van der Waals surface area contributed by atoms with Crippen LogP contribution in [0.5, 0.6) is 0 Å². The third-order valence-corrected chi connectivity index (χ3v) is 5.92. The zero-order valence-corrected chi connectivity index (χ0v) is 21.2. The van der Waals surface area contributed by atoms with Gasteiger partial charge in [0.1, 0.15) is 0 Å². The molecule has 1 N–H and O–H groups in total. The average molecular weight is 526 g/mol. The van der Waals surface area contributed by atoms with Crippen molar-refractivity contribution in [3.05, 3.63) is 41.5 Å². The number of hydrogen-bond donors (Lipinski definition) is 1. The minimum Gasteiger partial charge on any atom is -0.357 e. The van der Waals surface area contributed by atoms with Crippen molar-refractivity contribution in [1.29, 1.82) is 0 Å². The molecule has 6 heteroatoms. The fraction of sp³-hybridized carbons (Fsp3) is 0.625. The first kappa shape index (κ1) is 25.1. The van der Waals surface area contributed by atoms with Gasteiger partial charge in [-0.1, -0.05) is 42.0 Å². The third-order valence-electron chi connectivity index (χ3n) is 5.92. The van der Waals surface area contributed by atoms with Crippen LogP contribution in [0.25, 0.3) is 6.08 Å². The van der Waals surface area contributed by atoms with E-state index in [1.165, 1.54) is 44.7 Å². The van der Waals surface area contributed by atoms with E-state index in [2.05, 4.69) is 70.4 Å². The Hall–Kier alpha value is -1.12. The lowest BCUT2D eigenvalue weighted by Crippen LogP contribution is -2.44. The molecule has 0 aliphatic carbocycles. The molecule has 3 rings (SSSR count). The molecule has 0 unspecified atom stereocenters. The largest absolute Gasteiger partial charge is 0.357 e. The smallest absolute Gasteiger partial charge is 0.193 e. The van der Waals surface area contributed by atoms with E-state index in [0.717, 1.165) is 51.4 Å². The summed E-state index contributed by atoms with van der Waals surface area (Å²) in [7, 11) is 2.23. The summed E-state index contributed by atoms with van der Waals surface area (Å²) in [5, 5.41) is 3.51. The van der Waals surface area contributed by atoms with Gasteiger partial charge in [0.25, 0.3) is 0 Å². The lowest BCUT2D eigenvalue weighted by atomic mass is 10.0. The molecule has 1 aromatic carbocycles. The minimum atomic E-state index is 0. The number of rotatable bonds is 6. The summed E-state index contributed by atoms with van der Waals surface area (Å²) < 4.78 is 0. The second-order valence-electron chi connectivity index (χ2n) is 8.29. The first-order valence-electron chi connectivity index (χ1n) is 11.4. The summed E-state index contributed by atoms with van der Waals surface area (Å²) >= 11 is 0. The van der Waals surface area contributed by atoms with Crippen LogP contribution in [0, 0.1) is 0 Å². The zero-order valence-electron chi connectivity index (χ0n) is 18.9. The molecule has 0 amide bonds. The maximum atomic E-state index is 4.94. The maximum absolute atomic E-state index is 4.94. The van der Waals surface area contributed by atoms with Gasteiger partial charge >= 0.3 is 0 Å². The molecule has 2 heterocycles. The number of hydrogen-bond acceptors (Lipinski definition) is 3. The lowest BCUT2D eigenvalue weighted by molar-refractivity contribution is 0.274. The van der Waals surface area contributed by atoms with Crippen LogP contribution in [0.2, 0.25) is 0 Å². The molecular formula is C24H40IN5. The van der Waals surface area contributed by atoms with Gasteiger partial charge in [0.15, 0.2) is 5.96 Å². The van der Waals surface area contributed by atoms with Crippen molar-refractivity contribution < 1.29 is 0 Å². The Bertz CT molecular complexity index is 651. The molecule has 5 nitrogen and oxygen atoms in total. The van der Waals surface area contributed by atoms with Crippen LogP contribution >= 0.6 is 24.0 Å². The van der Waals surface area contributed by atoms with Crippen molar-refractivity contribution in [2.45, 2.75) is 32.6 Å². The van der Waals surface area contributed by atoms with Gasteiger partial charge in [-0.15, -0.1) is 24.0 Å². The van der Waals surface area contributed by atoms with Gasteiger partial charge in [-0.25, -0.2) is 0 Å². The molecule has 2 saturated heterocycles. The molecule has 0 bridgehead atoms. The van der Waals surface area contributed by atoms with Crippen molar-refractivity contribution in [2.75, 3.05) is 66.0 Å². The van der Waals surface area contributed by atoms with Crippen LogP contribution in [-0.2, 0) is 0 Å². The molecule has 30 heavy (non-hydrogen) atoms. The first-order chi connectivity index (χ1) is 14.2. The highest BCUT2D eigenvalue weighted by Crippen LogP contribution is 2.19. The zero-order chi connectivity index (χ0) is 20.3. The molecule has 168 valence electrons. The Morgan fingerprint density at radius 1 is 1.03 bits per heavy atom. The van der Waals surface area contributed by atoms with E-state index < -0.39 is 0 Å². The van der Waals surface area contributed by atoms with Crippen molar-refractivity contribution >= 4 is 36.0 Å². The summed E-state index contributed by atoms with van der Waals surface area (Å²) in [5.74, 6) is 1.10. The maximum Gasteiger partial charge on any atom is 0.193 e. The molecule has 2 aliphatic rings. The Balaban J connectivity index is 0.00000320. The van der Waals surface area contributed by atoms with Gasteiger partial charge in [0.05, 0.1) is 0 Å². The Labute approximate surface area is 200 Å². The fourth-order valence-corrected chi connectivity index (χ4v) is 4.16. The van der Waals surface area contributed by atoms with Crippen LogP contribution in [0.3, 0.4) is 0 Å². The molecular weight excluding hydrogens is 485 g/mol. The highest BCUT2D eigenvalue weighted by molar-refractivity contribution is 14.0. The van der Waals surface area contributed by atoms with Crippen LogP contribution < -0.4 is 5.32 Å². The summed E-state index contributed by atoms with van der Waals surface area (Å²) in [6.07, 6.45) is 7.04. The molecule has 0 radical (unpaired) electrons. The second kappa shape index (κ2) is 14.0. The molecule has 2 aliphatic heterocycles. The fourth-order valence-electron chi connectivity index (χ4n) is 4.16. The van der Waals surface area contributed by atoms with E-state index >= 15 is 0 Å². The van der Waals surface area contributed by atoms with Gasteiger partial charge in [-0.2, -0.15) is 0 Å². The average Bonchev–Trinajstić information content (AvgIpc) is 2.96. The molecule has 2 fully saturated rings. The summed E-state index contributed by atoms with van der Waals surface area (Å²) in [6.45, 7) is 12.1. The third kappa shape index (κ3) is 8.55. The van der Waals surface area contributed by atoms with Gasteiger partial charge < -0.3 is 20.0 Å². The van der Waals surface area contributed by atoms with Gasteiger partial charge in [0.2, 0.25) is 0 Å². The van der Waals surface area contributed by atoms with E-state index in [0.29, 0.717) is 0 Å². The van der Waals surface area contributed by atoms with Crippen LogP contribution in [0.1, 0.15) is 38.2 Å². The lowest BCUT2D eigenvalue weighted by Gasteiger charge is -2.31. The van der Waals surface area contributed by atoms with E-state index in [1.54, 1.807) is 5.57 Å². The highest BCUT2D eigenvalue weighted by atomic mass is 127. The normalized spacial score (nSPS) is 19.2. The van der Waals surface area contributed by atoms with Crippen LogP contribution in [-0.4, -0.2) is 86.6 Å². The van der Waals surface area contributed by atoms with Crippen molar-refractivity contribution in [3.63, 3.8) is 0 Å². The monoisotopic (exact) mass is 525 g/mol. The molecule has 1 aromatic rings. The van der Waals surface area contributed by atoms with Crippen molar-refractivity contribution in [1.82, 2.24) is 20.0 Å². The quantitative estimate of drug-likeness (QED) is 0.266. The van der Waals surface area contributed by atoms with E-state index in [4.69, 9.17) is 4.99 Å². The summed E-state index contributed by atoms with van der Waals surface area (Å²) in [4.78, 5) is 12.4. The molecule has 0 atom stereocenters. The number of guanidine groups is 1. The Morgan fingerprint density at radius 3 is 2.53 bits per heavy atom. The number of halogens is 1.